The normalized spacial score (nSPS) is 14.3. The lowest BCUT2D eigenvalue weighted by molar-refractivity contribution is 0.244. The first-order chi connectivity index (χ1) is 17.4. The summed E-state index contributed by atoms with van der Waals surface area (Å²) in [6, 6.07) is 14.5. The van der Waals surface area contributed by atoms with E-state index in [4.69, 9.17) is 0 Å². The predicted molar refractivity (Wildman–Crippen MR) is 146 cm³/mol. The monoisotopic (exact) mass is 489 g/mol. The van der Waals surface area contributed by atoms with Crippen LogP contribution in [0.5, 0.6) is 0 Å². The summed E-state index contributed by atoms with van der Waals surface area (Å²) in [5.41, 5.74) is 4.76. The maximum atomic E-state index is 13.1. The number of carbonyl (C=O) groups is 1. The fraction of sp³-hybridized carbons (Fsp3) is 0.500. The molecule has 0 spiro atoms. The number of H-pyrrole nitrogens is 1. The standard InChI is InChI=1S/C28H39N7O/c1-19(2)17-35(18-20(3)4)26-15-14-21(23-12-8-9-13-24(23)27-31-33-34-32-27)16-25(26)30-28(36)29-22-10-6-5-7-11-22/h8-9,12-16,19-20,22H,5-7,10-11,17-18H2,1-4H3,(H2,29,30,36)(H,31,32,33,34). The van der Waals surface area contributed by atoms with Crippen LogP contribution in [0.3, 0.4) is 0 Å². The highest BCUT2D eigenvalue weighted by Gasteiger charge is 2.20. The lowest BCUT2D eigenvalue weighted by Crippen LogP contribution is -2.39. The van der Waals surface area contributed by atoms with Crippen LogP contribution < -0.4 is 15.5 Å². The predicted octanol–water partition coefficient (Wildman–Crippen LogP) is 6.11. The van der Waals surface area contributed by atoms with E-state index in [1.807, 2.05) is 18.2 Å². The molecule has 3 aromatic rings. The molecule has 1 aliphatic carbocycles. The summed E-state index contributed by atoms with van der Waals surface area (Å²) in [6.07, 6.45) is 5.70. The number of nitrogens with one attached hydrogen (secondary N) is 3. The first-order valence-electron chi connectivity index (χ1n) is 13.2. The topological polar surface area (TPSA) is 98.8 Å². The molecule has 1 aromatic heterocycles. The summed E-state index contributed by atoms with van der Waals surface area (Å²) in [7, 11) is 0. The summed E-state index contributed by atoms with van der Waals surface area (Å²) >= 11 is 0. The molecule has 8 heteroatoms. The molecule has 36 heavy (non-hydrogen) atoms. The van der Waals surface area contributed by atoms with E-state index in [2.05, 4.69) is 88.1 Å². The van der Waals surface area contributed by atoms with Gasteiger partial charge in [0.2, 0.25) is 0 Å². The van der Waals surface area contributed by atoms with E-state index >= 15 is 0 Å². The molecule has 0 atom stereocenters. The number of rotatable bonds is 9. The van der Waals surface area contributed by atoms with Crippen LogP contribution in [0.2, 0.25) is 0 Å². The van der Waals surface area contributed by atoms with E-state index in [0.717, 1.165) is 54.0 Å². The number of aromatic amines is 1. The summed E-state index contributed by atoms with van der Waals surface area (Å²) in [4.78, 5) is 15.5. The number of urea groups is 1. The molecular weight excluding hydrogens is 450 g/mol. The van der Waals surface area contributed by atoms with Gasteiger partial charge in [-0.05, 0) is 58.4 Å². The first kappa shape index (κ1) is 25.7. The van der Waals surface area contributed by atoms with Crippen LogP contribution in [-0.4, -0.2) is 45.8 Å². The van der Waals surface area contributed by atoms with Crippen LogP contribution in [0.1, 0.15) is 59.8 Å². The Morgan fingerprint density at radius 3 is 2.33 bits per heavy atom. The Bertz CT molecular complexity index is 1110. The smallest absolute Gasteiger partial charge is 0.319 e. The van der Waals surface area contributed by atoms with Crippen LogP contribution in [0, 0.1) is 11.8 Å². The fourth-order valence-electron chi connectivity index (χ4n) is 5.04. The van der Waals surface area contributed by atoms with Crippen molar-refractivity contribution in [1.29, 1.82) is 0 Å². The summed E-state index contributed by atoms with van der Waals surface area (Å²) in [5, 5.41) is 20.9. The summed E-state index contributed by atoms with van der Waals surface area (Å²) in [6.45, 7) is 10.7. The Labute approximate surface area is 214 Å². The molecule has 0 aliphatic heterocycles. The lowest BCUT2D eigenvalue weighted by atomic mass is 9.96. The zero-order valence-corrected chi connectivity index (χ0v) is 21.9. The number of amides is 2. The maximum absolute atomic E-state index is 13.1. The molecule has 1 saturated carbocycles. The average molecular weight is 490 g/mol. The second-order valence-electron chi connectivity index (χ2n) is 10.7. The highest BCUT2D eigenvalue weighted by Crippen LogP contribution is 2.36. The van der Waals surface area contributed by atoms with Gasteiger partial charge in [0.15, 0.2) is 5.82 Å². The van der Waals surface area contributed by atoms with E-state index < -0.39 is 0 Å². The summed E-state index contributed by atoms with van der Waals surface area (Å²) < 4.78 is 0. The number of tetrazole rings is 1. The maximum Gasteiger partial charge on any atom is 0.319 e. The number of hydrogen-bond donors (Lipinski definition) is 3. The second kappa shape index (κ2) is 12.0. The Hall–Kier alpha value is -3.42. The van der Waals surface area contributed by atoms with E-state index in [-0.39, 0.29) is 12.1 Å². The Morgan fingerprint density at radius 1 is 1.00 bits per heavy atom. The fourth-order valence-corrected chi connectivity index (χ4v) is 5.04. The molecule has 0 unspecified atom stereocenters. The Morgan fingerprint density at radius 2 is 1.69 bits per heavy atom. The largest absolute Gasteiger partial charge is 0.369 e. The van der Waals surface area contributed by atoms with Crippen molar-refractivity contribution in [3.05, 3.63) is 42.5 Å². The molecule has 2 aromatic carbocycles. The van der Waals surface area contributed by atoms with Gasteiger partial charge in [-0.1, -0.05) is 77.3 Å². The molecule has 2 amide bonds. The lowest BCUT2D eigenvalue weighted by Gasteiger charge is -2.31. The van der Waals surface area contributed by atoms with Crippen LogP contribution in [-0.2, 0) is 0 Å². The molecule has 4 rings (SSSR count). The van der Waals surface area contributed by atoms with Crippen molar-refractivity contribution in [2.75, 3.05) is 23.3 Å². The van der Waals surface area contributed by atoms with Gasteiger partial charge in [0.05, 0.1) is 11.4 Å². The van der Waals surface area contributed by atoms with Crippen LogP contribution in [0.15, 0.2) is 42.5 Å². The van der Waals surface area contributed by atoms with Gasteiger partial charge in [0, 0.05) is 24.7 Å². The molecule has 3 N–H and O–H groups in total. The number of hydrogen-bond acceptors (Lipinski definition) is 5. The van der Waals surface area contributed by atoms with Crippen molar-refractivity contribution in [1.82, 2.24) is 25.9 Å². The molecular formula is C28H39N7O. The minimum absolute atomic E-state index is 0.137. The van der Waals surface area contributed by atoms with Crippen molar-refractivity contribution in [2.24, 2.45) is 11.8 Å². The Balaban J connectivity index is 1.71. The van der Waals surface area contributed by atoms with Gasteiger partial charge in [-0.3, -0.25) is 0 Å². The second-order valence-corrected chi connectivity index (χ2v) is 10.7. The molecule has 0 saturated heterocycles. The van der Waals surface area contributed by atoms with Crippen LogP contribution in [0.25, 0.3) is 22.5 Å². The third-order valence-electron chi connectivity index (χ3n) is 6.54. The number of nitrogens with zero attached hydrogens (tertiary/aromatic N) is 4. The molecule has 1 heterocycles. The van der Waals surface area contributed by atoms with Gasteiger partial charge in [0.1, 0.15) is 0 Å². The van der Waals surface area contributed by atoms with Crippen LogP contribution in [0.4, 0.5) is 16.2 Å². The van der Waals surface area contributed by atoms with Gasteiger partial charge in [-0.2, -0.15) is 0 Å². The Kier molecular flexibility index (Phi) is 8.57. The number of aromatic nitrogens is 4. The van der Waals surface area contributed by atoms with E-state index in [1.165, 1.54) is 19.3 Å². The minimum Gasteiger partial charge on any atom is -0.369 e. The number of anilines is 2. The molecule has 8 nitrogen and oxygen atoms in total. The quantitative estimate of drug-likeness (QED) is 0.337. The average Bonchev–Trinajstić information content (AvgIpc) is 3.38. The molecule has 0 radical (unpaired) electrons. The minimum atomic E-state index is -0.137. The van der Waals surface area contributed by atoms with Gasteiger partial charge in [-0.25, -0.2) is 9.89 Å². The van der Waals surface area contributed by atoms with Crippen molar-refractivity contribution >= 4 is 17.4 Å². The summed E-state index contributed by atoms with van der Waals surface area (Å²) in [5.74, 6) is 1.60. The third-order valence-corrected chi connectivity index (χ3v) is 6.54. The zero-order valence-electron chi connectivity index (χ0n) is 21.9. The molecule has 1 aliphatic rings. The molecule has 0 bridgehead atoms. The van der Waals surface area contributed by atoms with Crippen molar-refractivity contribution in [3.63, 3.8) is 0 Å². The molecule has 192 valence electrons. The van der Waals surface area contributed by atoms with Crippen LogP contribution >= 0.6 is 0 Å². The van der Waals surface area contributed by atoms with E-state index in [9.17, 15) is 4.79 Å². The van der Waals surface area contributed by atoms with E-state index in [1.54, 1.807) is 0 Å². The van der Waals surface area contributed by atoms with Crippen molar-refractivity contribution in [2.45, 2.75) is 65.8 Å². The first-order valence-corrected chi connectivity index (χ1v) is 13.2. The van der Waals surface area contributed by atoms with Crippen molar-refractivity contribution in [3.8, 4) is 22.5 Å². The highest BCUT2D eigenvalue weighted by molar-refractivity contribution is 5.95. The third kappa shape index (κ3) is 6.62. The van der Waals surface area contributed by atoms with Gasteiger partial charge in [0.25, 0.3) is 0 Å². The number of benzene rings is 2. The van der Waals surface area contributed by atoms with Gasteiger partial charge in [-0.15, -0.1) is 5.10 Å². The SMILES string of the molecule is CC(C)CN(CC(C)C)c1ccc(-c2ccccc2-c2nnn[nH]2)cc1NC(=O)NC1CCCCC1. The van der Waals surface area contributed by atoms with Gasteiger partial charge < -0.3 is 15.5 Å². The molecule has 1 fully saturated rings. The number of carbonyl (C=O) groups excluding carboxylic acids is 1. The van der Waals surface area contributed by atoms with Crippen molar-refractivity contribution < 1.29 is 4.79 Å². The van der Waals surface area contributed by atoms with E-state index in [0.29, 0.717) is 17.7 Å². The zero-order chi connectivity index (χ0) is 25.5. The van der Waals surface area contributed by atoms with Gasteiger partial charge >= 0.3 is 6.03 Å². The highest BCUT2D eigenvalue weighted by atomic mass is 16.2.